The maximum absolute atomic E-state index is 14.2. The zero-order valence-electron chi connectivity index (χ0n) is 21.9. The Labute approximate surface area is 220 Å². The number of aromatic nitrogens is 2. The Hall–Kier alpha value is -4.47. The Morgan fingerprint density at radius 1 is 1.26 bits per heavy atom. The van der Waals surface area contributed by atoms with E-state index in [1.165, 1.54) is 19.3 Å². The first-order chi connectivity index (χ1) is 18.2. The van der Waals surface area contributed by atoms with Crippen LogP contribution in [0, 0.1) is 11.2 Å². The molecule has 1 aromatic carbocycles. The van der Waals surface area contributed by atoms with Crippen LogP contribution in [-0.4, -0.2) is 59.9 Å². The van der Waals surface area contributed by atoms with E-state index in [0.717, 1.165) is 17.8 Å². The van der Waals surface area contributed by atoms with Crippen molar-refractivity contribution in [1.29, 1.82) is 0 Å². The summed E-state index contributed by atoms with van der Waals surface area (Å²) < 4.78 is 26.5. The topological polar surface area (TPSA) is 108 Å². The second kappa shape index (κ2) is 10.9. The first kappa shape index (κ1) is 26.6. The zero-order chi connectivity index (χ0) is 27.4. The number of pyridine rings is 1. The number of nitrogens with one attached hydrogen (secondary N) is 3. The number of carbonyl (C=O) groups is 2. The number of methoxy groups -OCH3 is 2. The molecular weight excluding hydrogens is 489 g/mol. The quantitative estimate of drug-likeness (QED) is 0.334. The van der Waals surface area contributed by atoms with Crippen LogP contribution in [0.1, 0.15) is 29.9 Å². The summed E-state index contributed by atoms with van der Waals surface area (Å²) in [7, 11) is 2.95. The van der Waals surface area contributed by atoms with Gasteiger partial charge in [0.05, 0.1) is 43.0 Å². The molecule has 5 rings (SSSR count). The number of carbonyl (C=O) groups excluding carboxylic acids is 2. The summed E-state index contributed by atoms with van der Waals surface area (Å²) in [5, 5.41) is 6.04. The summed E-state index contributed by atoms with van der Waals surface area (Å²) >= 11 is 0. The lowest BCUT2D eigenvalue weighted by Gasteiger charge is -2.22. The van der Waals surface area contributed by atoms with Gasteiger partial charge < -0.3 is 25.1 Å². The predicted molar refractivity (Wildman–Crippen MR) is 143 cm³/mol. The minimum absolute atomic E-state index is 0.000625. The molecule has 38 heavy (non-hydrogen) atoms. The molecule has 4 heterocycles. The van der Waals surface area contributed by atoms with Gasteiger partial charge in [0.1, 0.15) is 11.2 Å². The highest BCUT2D eigenvalue weighted by atomic mass is 19.1. The number of aromatic amines is 1. The first-order valence-electron chi connectivity index (χ1n) is 12.1. The lowest BCUT2D eigenvalue weighted by atomic mass is 9.89. The molecule has 0 fully saturated rings. The second-order valence-electron chi connectivity index (χ2n) is 9.54. The number of anilines is 2. The molecule has 0 saturated carbocycles. The van der Waals surface area contributed by atoms with E-state index < -0.39 is 5.82 Å². The van der Waals surface area contributed by atoms with Crippen molar-refractivity contribution in [3.63, 3.8) is 0 Å². The van der Waals surface area contributed by atoms with Crippen molar-refractivity contribution in [3.05, 3.63) is 66.4 Å². The van der Waals surface area contributed by atoms with Crippen LogP contribution >= 0.6 is 0 Å². The van der Waals surface area contributed by atoms with Gasteiger partial charge in [0, 0.05) is 36.5 Å². The largest absolute Gasteiger partial charge is 0.494 e. The van der Waals surface area contributed by atoms with Crippen molar-refractivity contribution in [1.82, 2.24) is 15.3 Å². The highest BCUT2D eigenvalue weighted by Gasteiger charge is 2.38. The molecule has 0 bridgehead atoms. The van der Waals surface area contributed by atoms with Crippen LogP contribution in [0.3, 0.4) is 0 Å². The van der Waals surface area contributed by atoms with Crippen molar-refractivity contribution in [2.45, 2.75) is 20.3 Å². The second-order valence-corrected chi connectivity index (χ2v) is 9.54. The molecule has 10 heteroatoms. The molecule has 0 spiro atoms. The number of nitrogens with zero attached hydrogens (tertiary/aromatic N) is 2. The number of hydrogen-bond acceptors (Lipinski definition) is 6. The molecule has 0 saturated heterocycles. The third kappa shape index (κ3) is 5.29. The molecule has 0 atom stereocenters. The standard InChI is InChI=1S/C20H19FN4O3.C8H12NO/c1-27-15-10-22-8-6-11(15)17-18(16-13(24-17)7-9-23-20(16)26)25-14-5-3-4-12(21)19(14)28-2;1-4-7(10)9-5-8(2,3)6-9/h3-6,8,10,24-25H,7,9H2,1-2H3,(H,23,26);4-5H,1,6H2,2-3H3/q;+1. The molecule has 2 aliphatic heterocycles. The summed E-state index contributed by atoms with van der Waals surface area (Å²) in [4.78, 5) is 30.9. The highest BCUT2D eigenvalue weighted by molar-refractivity contribution is 6.06. The molecule has 2 aliphatic rings. The summed E-state index contributed by atoms with van der Waals surface area (Å²) in [6, 6.07) is 6.37. The van der Waals surface area contributed by atoms with Crippen molar-refractivity contribution < 1.29 is 28.0 Å². The van der Waals surface area contributed by atoms with Gasteiger partial charge in [0.25, 0.3) is 5.91 Å². The van der Waals surface area contributed by atoms with E-state index in [1.807, 2.05) is 6.21 Å². The van der Waals surface area contributed by atoms with E-state index in [1.54, 1.807) is 42.3 Å². The van der Waals surface area contributed by atoms with Crippen molar-refractivity contribution in [3.8, 4) is 22.8 Å². The molecule has 0 radical (unpaired) electrons. The fourth-order valence-corrected chi connectivity index (χ4v) is 4.50. The van der Waals surface area contributed by atoms with E-state index in [9.17, 15) is 14.0 Å². The third-order valence-corrected chi connectivity index (χ3v) is 6.21. The number of rotatable bonds is 6. The SMILES string of the molecule is C=CC(=O)[N+]1=CC(C)(C)C1.COc1cnccc1-c1[nH]c2c(c1Nc1cccc(F)c1OC)C(=O)NCC2. The van der Waals surface area contributed by atoms with E-state index in [-0.39, 0.29) is 23.0 Å². The highest BCUT2D eigenvalue weighted by Crippen LogP contribution is 2.41. The molecule has 3 N–H and O–H groups in total. The van der Waals surface area contributed by atoms with Gasteiger partial charge in [-0.1, -0.05) is 12.6 Å². The Balaban J connectivity index is 0.000000283. The number of para-hydroxylation sites is 1. The van der Waals surface area contributed by atoms with Crippen molar-refractivity contribution in [2.75, 3.05) is 32.6 Å². The molecule has 9 nitrogen and oxygen atoms in total. The van der Waals surface area contributed by atoms with Crippen LogP contribution in [0.4, 0.5) is 15.8 Å². The Bertz CT molecular complexity index is 1430. The van der Waals surface area contributed by atoms with Crippen LogP contribution < -0.4 is 20.1 Å². The van der Waals surface area contributed by atoms with Gasteiger partial charge in [-0.05, 0) is 32.0 Å². The van der Waals surface area contributed by atoms with Crippen LogP contribution in [0.25, 0.3) is 11.3 Å². The molecule has 198 valence electrons. The maximum atomic E-state index is 14.2. The number of hydrogen-bond donors (Lipinski definition) is 3. The van der Waals surface area contributed by atoms with Gasteiger partial charge in [0.2, 0.25) is 0 Å². The van der Waals surface area contributed by atoms with Gasteiger partial charge in [-0.3, -0.25) is 9.78 Å². The predicted octanol–water partition coefficient (Wildman–Crippen LogP) is 4.08. The number of halogens is 1. The van der Waals surface area contributed by atoms with Crippen LogP contribution in [0.2, 0.25) is 0 Å². The lowest BCUT2D eigenvalue weighted by molar-refractivity contribution is -0.485. The summed E-state index contributed by atoms with van der Waals surface area (Å²) in [6.45, 7) is 8.96. The smallest absolute Gasteiger partial charge is 0.411 e. The van der Waals surface area contributed by atoms with Gasteiger partial charge in [-0.15, -0.1) is 0 Å². The third-order valence-electron chi connectivity index (χ3n) is 6.21. The molecule has 0 unspecified atom stereocenters. The Morgan fingerprint density at radius 2 is 2.03 bits per heavy atom. The molecule has 0 aliphatic carbocycles. The van der Waals surface area contributed by atoms with Crippen molar-refractivity contribution >= 4 is 29.4 Å². The number of H-pyrrole nitrogens is 1. The number of ether oxygens (including phenoxy) is 2. The maximum Gasteiger partial charge on any atom is 0.411 e. The lowest BCUT2D eigenvalue weighted by Crippen LogP contribution is -2.44. The normalized spacial score (nSPS) is 15.0. The van der Waals surface area contributed by atoms with E-state index in [0.29, 0.717) is 41.3 Å². The number of amides is 2. The Morgan fingerprint density at radius 3 is 2.68 bits per heavy atom. The van der Waals surface area contributed by atoms with Gasteiger partial charge >= 0.3 is 5.91 Å². The van der Waals surface area contributed by atoms with Crippen molar-refractivity contribution in [2.24, 2.45) is 5.41 Å². The van der Waals surface area contributed by atoms with E-state index in [4.69, 9.17) is 9.47 Å². The van der Waals surface area contributed by atoms with Crippen LogP contribution in [0.5, 0.6) is 11.5 Å². The minimum atomic E-state index is -0.496. The summed E-state index contributed by atoms with van der Waals surface area (Å²) in [5.74, 6) is -0.0737. The first-order valence-corrected chi connectivity index (χ1v) is 12.1. The van der Waals surface area contributed by atoms with Crippen LogP contribution in [-0.2, 0) is 11.2 Å². The fourth-order valence-electron chi connectivity index (χ4n) is 4.50. The average molecular weight is 521 g/mol. The van der Waals surface area contributed by atoms with Gasteiger partial charge in [0.15, 0.2) is 24.3 Å². The minimum Gasteiger partial charge on any atom is -0.494 e. The fraction of sp³-hybridized carbons (Fsp3) is 0.286. The van der Waals surface area contributed by atoms with E-state index >= 15 is 0 Å². The summed E-state index contributed by atoms with van der Waals surface area (Å²) in [5.41, 5.74) is 3.84. The molecule has 3 aromatic rings. The molecular formula is C28H31FN5O4+. The Kier molecular flexibility index (Phi) is 7.61. The van der Waals surface area contributed by atoms with E-state index in [2.05, 4.69) is 41.0 Å². The van der Waals surface area contributed by atoms with Gasteiger partial charge in [-0.25, -0.2) is 9.18 Å². The average Bonchev–Trinajstić information content (AvgIpc) is 3.26. The zero-order valence-corrected chi connectivity index (χ0v) is 21.9. The summed E-state index contributed by atoms with van der Waals surface area (Å²) in [6.07, 6.45) is 7.16. The number of fused-ring (bicyclic) bond motifs is 1. The molecule has 2 aromatic heterocycles. The number of benzene rings is 1. The molecule has 2 amide bonds. The van der Waals surface area contributed by atoms with Gasteiger partial charge in [-0.2, -0.15) is 4.58 Å². The van der Waals surface area contributed by atoms with Crippen LogP contribution in [0.15, 0.2) is 49.3 Å². The monoisotopic (exact) mass is 520 g/mol.